The number of hydrogen-bond donors (Lipinski definition) is 2. The van der Waals surface area contributed by atoms with Crippen molar-refractivity contribution in [3.05, 3.63) is 59.4 Å². The van der Waals surface area contributed by atoms with Gasteiger partial charge in [0.1, 0.15) is 11.6 Å². The number of amides is 1. The minimum absolute atomic E-state index is 0.0957. The molecular weight excluding hydrogens is 266 g/mol. The van der Waals surface area contributed by atoms with E-state index >= 15 is 0 Å². The Bertz CT molecular complexity index is 632. The van der Waals surface area contributed by atoms with Gasteiger partial charge in [-0.3, -0.25) is 9.78 Å². The van der Waals surface area contributed by atoms with Gasteiger partial charge in [0, 0.05) is 17.8 Å². The maximum absolute atomic E-state index is 13.4. The van der Waals surface area contributed by atoms with E-state index in [0.29, 0.717) is 11.3 Å². The quantitative estimate of drug-likeness (QED) is 0.899. The van der Waals surface area contributed by atoms with Crippen LogP contribution in [0.15, 0.2) is 36.7 Å². The fraction of sp³-hybridized carbons (Fsp3) is 0.143. The second-order valence-electron chi connectivity index (χ2n) is 4.15. The number of rotatable bonds is 4. The van der Waals surface area contributed by atoms with Crippen LogP contribution in [-0.2, 0) is 17.8 Å². The summed E-state index contributed by atoms with van der Waals surface area (Å²) in [6.07, 6.45) is 2.65. The summed E-state index contributed by atoms with van der Waals surface area (Å²) < 4.78 is 26.2. The van der Waals surface area contributed by atoms with Crippen LogP contribution in [0.25, 0.3) is 0 Å². The first-order chi connectivity index (χ1) is 9.60. The highest BCUT2D eigenvalue weighted by molar-refractivity contribution is 5.92. The van der Waals surface area contributed by atoms with Gasteiger partial charge in [0.05, 0.1) is 24.9 Å². The predicted molar refractivity (Wildman–Crippen MR) is 68.9 cm³/mol. The van der Waals surface area contributed by atoms with Crippen LogP contribution in [-0.4, -0.2) is 16.0 Å². The number of pyridine rings is 1. The molecule has 0 fully saturated rings. The van der Waals surface area contributed by atoms with Crippen molar-refractivity contribution in [2.75, 3.05) is 5.32 Å². The van der Waals surface area contributed by atoms with Crippen LogP contribution in [0.2, 0.25) is 0 Å². The SMILES string of the molecule is O=C(Cc1ccc(F)cc1F)Nc1cnccc1CO. The van der Waals surface area contributed by atoms with Crippen LogP contribution in [0.3, 0.4) is 0 Å². The molecule has 0 unspecified atom stereocenters. The van der Waals surface area contributed by atoms with Gasteiger partial charge in [-0.25, -0.2) is 8.78 Å². The van der Waals surface area contributed by atoms with Crippen molar-refractivity contribution in [3.63, 3.8) is 0 Å². The number of carbonyl (C=O) groups is 1. The Balaban J connectivity index is 2.09. The number of aliphatic hydroxyl groups excluding tert-OH is 1. The lowest BCUT2D eigenvalue weighted by Crippen LogP contribution is -2.16. The average Bonchev–Trinajstić information content (AvgIpc) is 2.42. The summed E-state index contributed by atoms with van der Waals surface area (Å²) in [5.74, 6) is -1.94. The summed E-state index contributed by atoms with van der Waals surface area (Å²) in [4.78, 5) is 15.6. The summed E-state index contributed by atoms with van der Waals surface area (Å²) in [5, 5.41) is 11.6. The maximum atomic E-state index is 13.4. The minimum atomic E-state index is -0.770. The molecule has 0 radical (unpaired) electrons. The minimum Gasteiger partial charge on any atom is -0.392 e. The van der Waals surface area contributed by atoms with E-state index in [2.05, 4.69) is 10.3 Å². The van der Waals surface area contributed by atoms with Gasteiger partial charge >= 0.3 is 0 Å². The van der Waals surface area contributed by atoms with Gasteiger partial charge in [-0.2, -0.15) is 0 Å². The van der Waals surface area contributed by atoms with E-state index in [9.17, 15) is 13.6 Å². The van der Waals surface area contributed by atoms with Gasteiger partial charge in [0.15, 0.2) is 0 Å². The van der Waals surface area contributed by atoms with E-state index in [1.54, 1.807) is 6.07 Å². The van der Waals surface area contributed by atoms with Gasteiger partial charge in [-0.1, -0.05) is 6.07 Å². The third-order valence-corrected chi connectivity index (χ3v) is 2.72. The number of nitrogens with zero attached hydrogens (tertiary/aromatic N) is 1. The van der Waals surface area contributed by atoms with Crippen LogP contribution < -0.4 is 5.32 Å². The number of hydrogen-bond acceptors (Lipinski definition) is 3. The van der Waals surface area contributed by atoms with Crippen LogP contribution in [0, 0.1) is 11.6 Å². The smallest absolute Gasteiger partial charge is 0.228 e. The number of carbonyl (C=O) groups excluding carboxylic acids is 1. The van der Waals surface area contributed by atoms with E-state index in [1.165, 1.54) is 18.5 Å². The van der Waals surface area contributed by atoms with Crippen LogP contribution in [0.1, 0.15) is 11.1 Å². The van der Waals surface area contributed by atoms with Crippen molar-refractivity contribution in [2.24, 2.45) is 0 Å². The van der Waals surface area contributed by atoms with Crippen molar-refractivity contribution < 1.29 is 18.7 Å². The van der Waals surface area contributed by atoms with Crippen molar-refractivity contribution in [2.45, 2.75) is 13.0 Å². The Morgan fingerprint density at radius 1 is 1.25 bits per heavy atom. The van der Waals surface area contributed by atoms with Gasteiger partial charge in [0.25, 0.3) is 0 Å². The van der Waals surface area contributed by atoms with Gasteiger partial charge in [-0.05, 0) is 17.7 Å². The highest BCUT2D eigenvalue weighted by Gasteiger charge is 2.11. The second-order valence-corrected chi connectivity index (χ2v) is 4.15. The van der Waals surface area contributed by atoms with E-state index in [-0.39, 0.29) is 18.6 Å². The van der Waals surface area contributed by atoms with Gasteiger partial charge in [0.2, 0.25) is 5.91 Å². The topological polar surface area (TPSA) is 62.2 Å². The summed E-state index contributed by atoms with van der Waals surface area (Å²) >= 11 is 0. The first-order valence-electron chi connectivity index (χ1n) is 5.87. The lowest BCUT2D eigenvalue weighted by atomic mass is 10.1. The zero-order valence-corrected chi connectivity index (χ0v) is 10.4. The van der Waals surface area contributed by atoms with E-state index < -0.39 is 17.5 Å². The van der Waals surface area contributed by atoms with Crippen molar-refractivity contribution >= 4 is 11.6 Å². The second kappa shape index (κ2) is 6.21. The third-order valence-electron chi connectivity index (χ3n) is 2.72. The molecule has 0 atom stereocenters. The van der Waals surface area contributed by atoms with Gasteiger partial charge in [-0.15, -0.1) is 0 Å². The number of anilines is 1. The van der Waals surface area contributed by atoms with Crippen molar-refractivity contribution in [3.8, 4) is 0 Å². The summed E-state index contributed by atoms with van der Waals surface area (Å²) in [6, 6.07) is 4.61. The molecule has 2 N–H and O–H groups in total. The molecule has 0 saturated carbocycles. The molecule has 0 bridgehead atoms. The van der Waals surface area contributed by atoms with Crippen LogP contribution in [0.5, 0.6) is 0 Å². The molecule has 2 aromatic rings. The molecule has 0 aliphatic rings. The fourth-order valence-electron chi connectivity index (χ4n) is 1.71. The third kappa shape index (κ3) is 3.36. The van der Waals surface area contributed by atoms with E-state index in [0.717, 1.165) is 12.1 Å². The zero-order chi connectivity index (χ0) is 14.5. The predicted octanol–water partition coefficient (Wildman–Crippen LogP) is 2.03. The Kier molecular flexibility index (Phi) is 4.37. The monoisotopic (exact) mass is 278 g/mol. The molecule has 20 heavy (non-hydrogen) atoms. The molecule has 1 aromatic heterocycles. The number of aromatic nitrogens is 1. The lowest BCUT2D eigenvalue weighted by molar-refractivity contribution is -0.115. The highest BCUT2D eigenvalue weighted by atomic mass is 19.1. The molecule has 4 nitrogen and oxygen atoms in total. The average molecular weight is 278 g/mol. The van der Waals surface area contributed by atoms with E-state index in [1.807, 2.05) is 0 Å². The molecule has 0 aliphatic carbocycles. The Hall–Kier alpha value is -2.34. The normalized spacial score (nSPS) is 10.3. The number of halogens is 2. The van der Waals surface area contributed by atoms with E-state index in [4.69, 9.17) is 5.11 Å². The standard InChI is InChI=1S/C14H12F2N2O2/c15-11-2-1-9(12(16)6-11)5-14(20)18-13-7-17-4-3-10(13)8-19/h1-4,6-7,19H,5,8H2,(H,18,20). The van der Waals surface area contributed by atoms with Crippen molar-refractivity contribution in [1.82, 2.24) is 4.98 Å². The fourth-order valence-corrected chi connectivity index (χ4v) is 1.71. The largest absolute Gasteiger partial charge is 0.392 e. The summed E-state index contributed by atoms with van der Waals surface area (Å²) in [5.41, 5.74) is 0.966. The Labute approximate surface area is 114 Å². The molecule has 0 aliphatic heterocycles. The van der Waals surface area contributed by atoms with Crippen LogP contribution in [0.4, 0.5) is 14.5 Å². The molecule has 2 rings (SSSR count). The first-order valence-corrected chi connectivity index (χ1v) is 5.87. The Morgan fingerprint density at radius 2 is 2.05 bits per heavy atom. The summed E-state index contributed by atoms with van der Waals surface area (Å²) in [6.45, 7) is -0.247. The maximum Gasteiger partial charge on any atom is 0.228 e. The molecule has 1 heterocycles. The number of aliphatic hydroxyl groups is 1. The summed E-state index contributed by atoms with van der Waals surface area (Å²) in [7, 11) is 0. The van der Waals surface area contributed by atoms with Crippen LogP contribution >= 0.6 is 0 Å². The molecule has 0 saturated heterocycles. The molecule has 1 amide bonds. The molecule has 6 heteroatoms. The number of benzene rings is 1. The molecular formula is C14H12F2N2O2. The number of nitrogens with one attached hydrogen (secondary N) is 1. The molecule has 1 aromatic carbocycles. The molecule has 104 valence electrons. The van der Waals surface area contributed by atoms with Gasteiger partial charge < -0.3 is 10.4 Å². The molecule has 0 spiro atoms. The lowest BCUT2D eigenvalue weighted by Gasteiger charge is -2.09. The zero-order valence-electron chi connectivity index (χ0n) is 10.4. The first kappa shape index (κ1) is 14.1. The van der Waals surface area contributed by atoms with Crippen molar-refractivity contribution in [1.29, 1.82) is 0 Å². The highest BCUT2D eigenvalue weighted by Crippen LogP contribution is 2.15. The Morgan fingerprint density at radius 3 is 2.75 bits per heavy atom.